The minimum atomic E-state index is -0.871. The van der Waals surface area contributed by atoms with Crippen molar-refractivity contribution in [2.24, 2.45) is 5.73 Å². The van der Waals surface area contributed by atoms with Crippen LogP contribution in [0.25, 0.3) is 0 Å². The number of aromatic nitrogens is 1. The number of nitrogens with two attached hydrogens (primary N) is 1. The number of hydrogen-bond donors (Lipinski definition) is 1. The number of nitrogens with zero attached hydrogens (tertiary/aromatic N) is 1. The normalized spacial score (nSPS) is 20.4. The molecule has 0 unspecified atom stereocenters. The molecule has 164 valence electrons. The highest BCUT2D eigenvalue weighted by Crippen LogP contribution is 2.44. The van der Waals surface area contributed by atoms with E-state index in [1.807, 2.05) is 6.92 Å². The predicted molar refractivity (Wildman–Crippen MR) is 117 cm³/mol. The van der Waals surface area contributed by atoms with Crippen LogP contribution < -0.4 is 16.0 Å². The molecule has 0 saturated carbocycles. The lowest BCUT2D eigenvalue weighted by molar-refractivity contribution is -0.136. The predicted octanol–water partition coefficient (Wildman–Crippen LogP) is 3.51. The van der Waals surface area contributed by atoms with Gasteiger partial charge in [0.25, 0.3) is 5.56 Å². The number of benzene rings is 1. The van der Waals surface area contributed by atoms with Crippen LogP contribution >= 0.6 is 23.2 Å². The van der Waals surface area contributed by atoms with Gasteiger partial charge in [0.05, 0.1) is 31.2 Å². The van der Waals surface area contributed by atoms with Crippen LogP contribution in [0.15, 0.2) is 40.5 Å². The van der Waals surface area contributed by atoms with Gasteiger partial charge in [-0.2, -0.15) is 0 Å². The van der Waals surface area contributed by atoms with Gasteiger partial charge in [0.2, 0.25) is 5.88 Å². The Hall–Kier alpha value is -2.48. The number of aryl methyl sites for hydroxylation is 1. The van der Waals surface area contributed by atoms with E-state index in [1.165, 1.54) is 7.11 Å². The Morgan fingerprint density at radius 3 is 2.74 bits per heavy atom. The van der Waals surface area contributed by atoms with Crippen LogP contribution in [-0.2, 0) is 20.8 Å². The van der Waals surface area contributed by atoms with Gasteiger partial charge in [-0.1, -0.05) is 29.3 Å². The molecule has 0 spiro atoms. The third-order valence-corrected chi connectivity index (χ3v) is 6.22. The molecule has 2 N–H and O–H groups in total. The second-order valence-electron chi connectivity index (χ2n) is 7.58. The Morgan fingerprint density at radius 1 is 1.32 bits per heavy atom. The number of pyridine rings is 1. The molecule has 7 nitrogen and oxygen atoms in total. The number of fused-ring (bicyclic) bond motifs is 1. The summed E-state index contributed by atoms with van der Waals surface area (Å²) in [5.41, 5.74) is 7.30. The number of esters is 1. The molecule has 2 atom stereocenters. The maximum atomic E-state index is 13.7. The quantitative estimate of drug-likeness (QED) is 0.695. The maximum absolute atomic E-state index is 13.7. The molecular formula is C22H22Cl2N2O5. The number of rotatable bonds is 4. The molecular weight excluding hydrogens is 443 g/mol. The van der Waals surface area contributed by atoms with Crippen LogP contribution in [0.3, 0.4) is 0 Å². The molecule has 9 heteroatoms. The molecule has 0 aliphatic carbocycles. The first kappa shape index (κ1) is 21.7. The van der Waals surface area contributed by atoms with E-state index in [-0.39, 0.29) is 34.4 Å². The molecule has 3 heterocycles. The lowest BCUT2D eigenvalue weighted by Crippen LogP contribution is -2.36. The fourth-order valence-electron chi connectivity index (χ4n) is 4.16. The second-order valence-corrected chi connectivity index (χ2v) is 8.43. The highest BCUT2D eigenvalue weighted by Gasteiger charge is 2.39. The van der Waals surface area contributed by atoms with Crippen LogP contribution in [0, 0.1) is 6.92 Å². The van der Waals surface area contributed by atoms with E-state index in [0.717, 1.165) is 12.8 Å². The summed E-state index contributed by atoms with van der Waals surface area (Å²) in [6, 6.07) is 6.60. The monoisotopic (exact) mass is 464 g/mol. The van der Waals surface area contributed by atoms with Gasteiger partial charge < -0.3 is 24.5 Å². The Bertz CT molecular complexity index is 1140. The number of hydrogen-bond acceptors (Lipinski definition) is 6. The van der Waals surface area contributed by atoms with E-state index in [1.54, 1.807) is 28.8 Å². The second kappa shape index (κ2) is 8.57. The Labute approximate surface area is 189 Å². The van der Waals surface area contributed by atoms with Crippen molar-refractivity contribution in [3.63, 3.8) is 0 Å². The molecule has 2 aliphatic rings. The first-order valence-corrected chi connectivity index (χ1v) is 10.6. The third kappa shape index (κ3) is 3.93. The molecule has 2 aliphatic heterocycles. The van der Waals surface area contributed by atoms with E-state index in [4.69, 9.17) is 43.1 Å². The Kier molecular flexibility index (Phi) is 6.01. The zero-order valence-electron chi connectivity index (χ0n) is 17.1. The summed E-state index contributed by atoms with van der Waals surface area (Å²) in [5, 5.41) is 0.725. The largest absolute Gasteiger partial charge is 0.465 e. The molecule has 1 fully saturated rings. The number of methoxy groups -OCH3 is 1. The van der Waals surface area contributed by atoms with E-state index in [9.17, 15) is 9.59 Å². The zero-order valence-corrected chi connectivity index (χ0v) is 18.6. The fraction of sp³-hybridized carbons (Fsp3) is 0.364. The maximum Gasteiger partial charge on any atom is 0.340 e. The van der Waals surface area contributed by atoms with Gasteiger partial charge in [-0.25, -0.2) is 4.79 Å². The summed E-state index contributed by atoms with van der Waals surface area (Å²) in [6.07, 6.45) is 1.80. The SMILES string of the molecule is COC(=O)C1=C(N)Oc2cc(C)n(C[C@@H]3CCCO3)c(=O)c2[C@H]1c1ccc(Cl)cc1Cl. The summed E-state index contributed by atoms with van der Waals surface area (Å²) in [7, 11) is 1.24. The van der Waals surface area contributed by atoms with Gasteiger partial charge in [-0.15, -0.1) is 0 Å². The van der Waals surface area contributed by atoms with Crippen molar-refractivity contribution < 1.29 is 19.0 Å². The third-order valence-electron chi connectivity index (χ3n) is 5.66. The van der Waals surface area contributed by atoms with Gasteiger partial charge in [-0.05, 0) is 37.5 Å². The summed E-state index contributed by atoms with van der Waals surface area (Å²) >= 11 is 12.5. The van der Waals surface area contributed by atoms with Gasteiger partial charge in [-0.3, -0.25) is 4.79 Å². The molecule has 0 radical (unpaired) electrons. The lowest BCUT2D eigenvalue weighted by atomic mass is 9.83. The summed E-state index contributed by atoms with van der Waals surface area (Å²) in [4.78, 5) is 26.3. The minimum Gasteiger partial charge on any atom is -0.465 e. The Morgan fingerprint density at radius 2 is 2.10 bits per heavy atom. The topological polar surface area (TPSA) is 92.8 Å². The highest BCUT2D eigenvalue weighted by atomic mass is 35.5. The number of carbonyl (C=O) groups is 1. The molecule has 2 aromatic rings. The molecule has 0 bridgehead atoms. The van der Waals surface area contributed by atoms with Crippen molar-refractivity contribution in [2.45, 2.75) is 38.3 Å². The van der Waals surface area contributed by atoms with Crippen molar-refractivity contribution in [3.05, 3.63) is 72.9 Å². The van der Waals surface area contributed by atoms with Crippen molar-refractivity contribution in [2.75, 3.05) is 13.7 Å². The van der Waals surface area contributed by atoms with Gasteiger partial charge in [0, 0.05) is 28.4 Å². The summed E-state index contributed by atoms with van der Waals surface area (Å²) < 4.78 is 18.0. The first-order valence-electron chi connectivity index (χ1n) is 9.88. The van der Waals surface area contributed by atoms with E-state index in [2.05, 4.69) is 0 Å². The lowest BCUT2D eigenvalue weighted by Gasteiger charge is -2.29. The van der Waals surface area contributed by atoms with Crippen molar-refractivity contribution in [1.82, 2.24) is 4.57 Å². The van der Waals surface area contributed by atoms with Crippen molar-refractivity contribution in [3.8, 4) is 5.75 Å². The Balaban J connectivity index is 1.94. The van der Waals surface area contributed by atoms with Crippen LogP contribution in [0.1, 0.15) is 35.6 Å². The average molecular weight is 465 g/mol. The number of ether oxygens (including phenoxy) is 3. The molecule has 1 aromatic carbocycles. The van der Waals surface area contributed by atoms with Crippen LogP contribution in [0.5, 0.6) is 5.75 Å². The smallest absolute Gasteiger partial charge is 0.340 e. The summed E-state index contributed by atoms with van der Waals surface area (Å²) in [5.74, 6) is -1.42. The molecule has 0 amide bonds. The van der Waals surface area contributed by atoms with E-state index < -0.39 is 11.9 Å². The highest BCUT2D eigenvalue weighted by molar-refractivity contribution is 6.35. The van der Waals surface area contributed by atoms with Gasteiger partial charge in [0.15, 0.2) is 0 Å². The average Bonchev–Trinajstić information content (AvgIpc) is 3.23. The molecule has 1 aromatic heterocycles. The molecule has 31 heavy (non-hydrogen) atoms. The van der Waals surface area contributed by atoms with Gasteiger partial charge in [0.1, 0.15) is 11.3 Å². The van der Waals surface area contributed by atoms with Crippen LogP contribution in [0.4, 0.5) is 0 Å². The fourth-order valence-corrected chi connectivity index (χ4v) is 4.68. The van der Waals surface area contributed by atoms with Crippen LogP contribution in [0.2, 0.25) is 10.0 Å². The van der Waals surface area contributed by atoms with E-state index in [0.29, 0.717) is 34.5 Å². The van der Waals surface area contributed by atoms with E-state index >= 15 is 0 Å². The summed E-state index contributed by atoms with van der Waals surface area (Å²) in [6.45, 7) is 2.91. The van der Waals surface area contributed by atoms with Crippen molar-refractivity contribution >= 4 is 29.2 Å². The standard InChI is InChI=1S/C22H22Cl2N2O5/c1-11-8-16-18(21(27)26(11)10-13-4-3-7-30-13)17(14-6-5-12(23)9-15(14)24)19(20(25)31-16)22(28)29-2/h5-6,8-9,13,17H,3-4,7,10,25H2,1-2H3/t13-,17+/m0/s1. The molecule has 1 saturated heterocycles. The van der Waals surface area contributed by atoms with Crippen molar-refractivity contribution in [1.29, 1.82) is 0 Å². The first-order chi connectivity index (χ1) is 14.8. The van der Waals surface area contributed by atoms with Gasteiger partial charge >= 0.3 is 5.97 Å². The number of halogens is 2. The number of carbonyl (C=O) groups excluding carboxylic acids is 1. The zero-order chi connectivity index (χ0) is 22.3. The molecule has 4 rings (SSSR count). The minimum absolute atomic E-state index is 0.0174. The van der Waals surface area contributed by atoms with Crippen LogP contribution in [-0.4, -0.2) is 30.4 Å².